The van der Waals surface area contributed by atoms with Crippen LogP contribution in [0.15, 0.2) is 22.7 Å². The minimum atomic E-state index is 0.621. The summed E-state index contributed by atoms with van der Waals surface area (Å²) < 4.78 is 3.21. The molecule has 80 valence electrons. The van der Waals surface area contributed by atoms with E-state index in [1.54, 1.807) is 0 Å². The van der Waals surface area contributed by atoms with Crippen molar-refractivity contribution in [2.45, 2.75) is 27.3 Å². The Morgan fingerprint density at radius 1 is 1.40 bits per heavy atom. The van der Waals surface area contributed by atoms with Gasteiger partial charge in [0, 0.05) is 16.4 Å². The predicted molar refractivity (Wildman–Crippen MR) is 67.0 cm³/mol. The molecule has 0 aliphatic heterocycles. The highest BCUT2D eigenvalue weighted by molar-refractivity contribution is 9.10. The van der Waals surface area contributed by atoms with Crippen molar-refractivity contribution in [2.24, 2.45) is 5.92 Å². The molecule has 1 aromatic heterocycles. The van der Waals surface area contributed by atoms with Gasteiger partial charge in [0.05, 0.1) is 11.2 Å². The molecule has 0 atom stereocenters. The van der Waals surface area contributed by atoms with E-state index in [0.717, 1.165) is 16.7 Å². The summed E-state index contributed by atoms with van der Waals surface area (Å²) in [5, 5.41) is 5.81. The van der Waals surface area contributed by atoms with E-state index in [4.69, 9.17) is 0 Å². The maximum atomic E-state index is 4.57. The fourth-order valence-electron chi connectivity index (χ4n) is 1.80. The largest absolute Gasteiger partial charge is 0.264 e. The Morgan fingerprint density at radius 3 is 2.80 bits per heavy atom. The lowest BCUT2D eigenvalue weighted by molar-refractivity contribution is 0.493. The Balaban J connectivity index is 2.57. The van der Waals surface area contributed by atoms with E-state index in [0.29, 0.717) is 5.92 Å². The molecule has 2 rings (SSSR count). The van der Waals surface area contributed by atoms with E-state index in [2.05, 4.69) is 64.7 Å². The Labute approximate surface area is 98.4 Å². The first kappa shape index (κ1) is 10.7. The number of halogens is 1. The van der Waals surface area contributed by atoms with Crippen LogP contribution in [0.5, 0.6) is 0 Å². The van der Waals surface area contributed by atoms with Crippen LogP contribution in [0.1, 0.15) is 19.5 Å². The molecule has 0 radical (unpaired) electrons. The first-order chi connectivity index (χ1) is 7.08. The van der Waals surface area contributed by atoms with E-state index < -0.39 is 0 Å². The number of benzene rings is 1. The molecule has 0 aliphatic rings. The van der Waals surface area contributed by atoms with E-state index >= 15 is 0 Å². The van der Waals surface area contributed by atoms with Gasteiger partial charge in [-0.05, 0) is 31.0 Å². The number of hydrogen-bond acceptors (Lipinski definition) is 1. The van der Waals surface area contributed by atoms with Crippen molar-refractivity contribution in [2.75, 3.05) is 0 Å². The van der Waals surface area contributed by atoms with Gasteiger partial charge in [0.15, 0.2) is 0 Å². The van der Waals surface area contributed by atoms with Crippen molar-refractivity contribution >= 4 is 26.8 Å². The van der Waals surface area contributed by atoms with Crippen LogP contribution in [0, 0.1) is 12.8 Å². The summed E-state index contributed by atoms with van der Waals surface area (Å²) in [7, 11) is 0. The first-order valence-corrected chi connectivity index (χ1v) is 6.00. The lowest BCUT2D eigenvalue weighted by Crippen LogP contribution is -2.05. The molecule has 1 aromatic carbocycles. The van der Waals surface area contributed by atoms with Crippen molar-refractivity contribution in [3.05, 3.63) is 28.4 Å². The van der Waals surface area contributed by atoms with Crippen LogP contribution < -0.4 is 0 Å². The van der Waals surface area contributed by atoms with Gasteiger partial charge in [-0.2, -0.15) is 5.10 Å². The van der Waals surface area contributed by atoms with Gasteiger partial charge in [0.25, 0.3) is 0 Å². The molecule has 0 aliphatic carbocycles. The lowest BCUT2D eigenvalue weighted by Gasteiger charge is -2.06. The summed E-state index contributed by atoms with van der Waals surface area (Å²) in [4.78, 5) is 0. The number of aryl methyl sites for hydroxylation is 1. The second kappa shape index (κ2) is 3.97. The molecule has 0 fully saturated rings. The Kier molecular flexibility index (Phi) is 2.83. The third-order valence-corrected chi connectivity index (χ3v) is 2.93. The monoisotopic (exact) mass is 266 g/mol. The van der Waals surface area contributed by atoms with Gasteiger partial charge in [-0.3, -0.25) is 4.68 Å². The number of hydrogen-bond donors (Lipinski definition) is 0. The van der Waals surface area contributed by atoms with Gasteiger partial charge in [0.1, 0.15) is 0 Å². The van der Waals surface area contributed by atoms with Crippen molar-refractivity contribution in [3.8, 4) is 0 Å². The standard InChI is InChI=1S/C12H15BrN2/c1-8(2)7-15-12-5-4-10(13)6-11(12)9(3)14-15/h4-6,8H,7H2,1-3H3. The summed E-state index contributed by atoms with van der Waals surface area (Å²) in [6.07, 6.45) is 0. The van der Waals surface area contributed by atoms with E-state index in [1.165, 1.54) is 10.9 Å². The van der Waals surface area contributed by atoms with Crippen LogP contribution in [0.4, 0.5) is 0 Å². The Morgan fingerprint density at radius 2 is 2.13 bits per heavy atom. The summed E-state index contributed by atoms with van der Waals surface area (Å²) >= 11 is 3.49. The van der Waals surface area contributed by atoms with E-state index in [1.807, 2.05) is 0 Å². The number of nitrogens with zero attached hydrogens (tertiary/aromatic N) is 2. The average molecular weight is 267 g/mol. The molecule has 0 unspecified atom stereocenters. The quantitative estimate of drug-likeness (QED) is 0.810. The van der Waals surface area contributed by atoms with Crippen molar-refractivity contribution in [1.82, 2.24) is 9.78 Å². The highest BCUT2D eigenvalue weighted by Crippen LogP contribution is 2.23. The van der Waals surface area contributed by atoms with Gasteiger partial charge >= 0.3 is 0 Å². The van der Waals surface area contributed by atoms with Crippen LogP contribution in [-0.2, 0) is 6.54 Å². The van der Waals surface area contributed by atoms with Crippen LogP contribution in [0.25, 0.3) is 10.9 Å². The average Bonchev–Trinajstić information content (AvgIpc) is 2.42. The molecular formula is C12H15BrN2. The molecule has 0 amide bonds. The third-order valence-electron chi connectivity index (χ3n) is 2.44. The molecular weight excluding hydrogens is 252 g/mol. The fourth-order valence-corrected chi connectivity index (χ4v) is 2.16. The zero-order valence-corrected chi connectivity index (χ0v) is 10.9. The molecule has 0 saturated carbocycles. The molecule has 1 heterocycles. The van der Waals surface area contributed by atoms with Gasteiger partial charge in [-0.25, -0.2) is 0 Å². The second-order valence-corrected chi connectivity index (χ2v) is 5.24. The highest BCUT2D eigenvalue weighted by atomic mass is 79.9. The molecule has 2 nitrogen and oxygen atoms in total. The normalized spacial score (nSPS) is 11.5. The smallest absolute Gasteiger partial charge is 0.0686 e. The summed E-state index contributed by atoms with van der Waals surface area (Å²) in [5.74, 6) is 0.621. The van der Waals surface area contributed by atoms with Crippen molar-refractivity contribution < 1.29 is 0 Å². The predicted octanol–water partition coefficient (Wildman–Crippen LogP) is 3.76. The van der Waals surface area contributed by atoms with Crippen LogP contribution in [-0.4, -0.2) is 9.78 Å². The molecule has 0 bridgehead atoms. The van der Waals surface area contributed by atoms with E-state index in [9.17, 15) is 0 Å². The maximum absolute atomic E-state index is 4.57. The molecule has 2 aromatic rings. The van der Waals surface area contributed by atoms with Gasteiger partial charge in [-0.1, -0.05) is 29.8 Å². The molecule has 15 heavy (non-hydrogen) atoms. The van der Waals surface area contributed by atoms with Crippen LogP contribution >= 0.6 is 15.9 Å². The minimum absolute atomic E-state index is 0.621. The van der Waals surface area contributed by atoms with Crippen molar-refractivity contribution in [1.29, 1.82) is 0 Å². The minimum Gasteiger partial charge on any atom is -0.264 e. The summed E-state index contributed by atoms with van der Waals surface area (Å²) in [6, 6.07) is 6.33. The summed E-state index contributed by atoms with van der Waals surface area (Å²) in [6.45, 7) is 7.46. The van der Waals surface area contributed by atoms with Gasteiger partial charge < -0.3 is 0 Å². The zero-order valence-electron chi connectivity index (χ0n) is 9.29. The highest BCUT2D eigenvalue weighted by Gasteiger charge is 2.08. The topological polar surface area (TPSA) is 17.8 Å². The maximum Gasteiger partial charge on any atom is 0.0686 e. The Hall–Kier alpha value is -0.830. The molecule has 3 heteroatoms. The zero-order chi connectivity index (χ0) is 11.0. The number of fused-ring (bicyclic) bond motifs is 1. The number of aromatic nitrogens is 2. The Bertz CT molecular complexity index is 486. The van der Waals surface area contributed by atoms with Crippen molar-refractivity contribution in [3.63, 3.8) is 0 Å². The van der Waals surface area contributed by atoms with Crippen LogP contribution in [0.2, 0.25) is 0 Å². The SMILES string of the molecule is Cc1nn(CC(C)C)c2ccc(Br)cc12. The van der Waals surface area contributed by atoms with E-state index in [-0.39, 0.29) is 0 Å². The lowest BCUT2D eigenvalue weighted by atomic mass is 10.2. The van der Waals surface area contributed by atoms with Gasteiger partial charge in [-0.15, -0.1) is 0 Å². The molecule has 0 spiro atoms. The third kappa shape index (κ3) is 2.07. The van der Waals surface area contributed by atoms with Crippen LogP contribution in [0.3, 0.4) is 0 Å². The second-order valence-electron chi connectivity index (χ2n) is 4.32. The summed E-state index contributed by atoms with van der Waals surface area (Å²) in [5.41, 5.74) is 2.33. The van der Waals surface area contributed by atoms with Gasteiger partial charge in [0.2, 0.25) is 0 Å². The first-order valence-electron chi connectivity index (χ1n) is 5.20. The molecule has 0 saturated heterocycles. The number of rotatable bonds is 2. The molecule has 0 N–H and O–H groups in total. The fraction of sp³-hybridized carbons (Fsp3) is 0.417.